The van der Waals surface area contributed by atoms with Crippen molar-refractivity contribution in [2.24, 2.45) is 7.05 Å². The zero-order chi connectivity index (χ0) is 17.1. The summed E-state index contributed by atoms with van der Waals surface area (Å²) in [5.74, 6) is 1.84. The van der Waals surface area contributed by atoms with Crippen LogP contribution in [-0.4, -0.2) is 27.8 Å². The third-order valence-corrected chi connectivity index (χ3v) is 4.74. The second-order valence-corrected chi connectivity index (χ2v) is 6.22. The summed E-state index contributed by atoms with van der Waals surface area (Å²) in [6.07, 6.45) is 0. The molecule has 0 radical (unpaired) electrons. The molecule has 0 aliphatic carbocycles. The van der Waals surface area contributed by atoms with E-state index in [-0.39, 0.29) is 5.91 Å². The van der Waals surface area contributed by atoms with Crippen molar-refractivity contribution in [2.45, 2.75) is 13.0 Å². The number of carbonyl (C=O) groups excluding carboxylic acids is 1. The highest BCUT2D eigenvalue weighted by molar-refractivity contribution is 7.12. The highest BCUT2D eigenvalue weighted by atomic mass is 32.1. The number of nitrogens with zero attached hydrogens (tertiary/aromatic N) is 3. The van der Waals surface area contributed by atoms with Gasteiger partial charge in [0.1, 0.15) is 22.5 Å². The van der Waals surface area contributed by atoms with Gasteiger partial charge in [0.05, 0.1) is 7.11 Å². The average molecular weight is 342 g/mol. The number of thiophene rings is 1. The Morgan fingerprint density at radius 1 is 1.25 bits per heavy atom. The molecule has 1 N–H and O–H groups in total. The number of rotatable bonds is 5. The Labute approximate surface area is 144 Å². The van der Waals surface area contributed by atoms with E-state index in [1.54, 1.807) is 13.2 Å². The van der Waals surface area contributed by atoms with Gasteiger partial charge in [-0.25, -0.2) is 0 Å². The lowest BCUT2D eigenvalue weighted by atomic mass is 10.1. The number of aromatic nitrogens is 3. The number of benzene rings is 1. The topological polar surface area (TPSA) is 69.0 Å². The summed E-state index contributed by atoms with van der Waals surface area (Å²) >= 11 is 1.34. The molecule has 0 saturated heterocycles. The smallest absolute Gasteiger partial charge is 0.266 e. The highest BCUT2D eigenvalue weighted by Crippen LogP contribution is 2.27. The van der Waals surface area contributed by atoms with Gasteiger partial charge >= 0.3 is 0 Å². The third-order valence-electron chi connectivity index (χ3n) is 3.85. The number of nitrogens with one attached hydrogen (secondary N) is 1. The van der Waals surface area contributed by atoms with E-state index in [2.05, 4.69) is 15.5 Å². The summed E-state index contributed by atoms with van der Waals surface area (Å²) < 4.78 is 7.12. The molecule has 0 unspecified atom stereocenters. The Hall–Kier alpha value is -2.67. The lowest BCUT2D eigenvalue weighted by Crippen LogP contribution is -2.31. The number of carbonyl (C=O) groups is 1. The van der Waals surface area contributed by atoms with Crippen molar-refractivity contribution >= 4 is 17.2 Å². The van der Waals surface area contributed by atoms with Crippen LogP contribution in [0.25, 0.3) is 0 Å². The Kier molecular flexibility index (Phi) is 4.61. The summed E-state index contributed by atoms with van der Waals surface area (Å²) in [4.78, 5) is 13.3. The van der Waals surface area contributed by atoms with Crippen LogP contribution >= 0.6 is 11.3 Å². The normalized spacial score (nSPS) is 12.0. The van der Waals surface area contributed by atoms with Gasteiger partial charge in [-0.1, -0.05) is 30.3 Å². The molecule has 7 heteroatoms. The van der Waals surface area contributed by atoms with Crippen LogP contribution in [0.1, 0.15) is 32.9 Å². The van der Waals surface area contributed by atoms with E-state index in [0.29, 0.717) is 16.5 Å². The molecule has 124 valence electrons. The van der Waals surface area contributed by atoms with Crippen LogP contribution in [0.2, 0.25) is 0 Å². The zero-order valence-electron chi connectivity index (χ0n) is 13.7. The minimum absolute atomic E-state index is 0.198. The number of methoxy groups -OCH3 is 1. The van der Waals surface area contributed by atoms with Crippen LogP contribution in [0.3, 0.4) is 0 Å². The van der Waals surface area contributed by atoms with Gasteiger partial charge in [-0.3, -0.25) is 4.79 Å². The summed E-state index contributed by atoms with van der Waals surface area (Å²) in [5.41, 5.74) is 0.942. The first kappa shape index (κ1) is 16.2. The standard InChI is InChI=1S/C17H18N4O2S/c1-11-19-20-16(21(11)2)14(12-7-5-4-6-8-12)18-17(22)15-13(23-3)9-10-24-15/h4-10,14H,1-3H3,(H,18,22)/t14-/m0/s1. The molecule has 2 heterocycles. The molecule has 0 fully saturated rings. The number of ether oxygens (including phenoxy) is 1. The van der Waals surface area contributed by atoms with E-state index in [4.69, 9.17) is 4.74 Å². The predicted octanol–water partition coefficient (Wildman–Crippen LogP) is 2.71. The van der Waals surface area contributed by atoms with Crippen molar-refractivity contribution in [3.63, 3.8) is 0 Å². The quantitative estimate of drug-likeness (QED) is 0.774. The van der Waals surface area contributed by atoms with E-state index in [1.807, 2.05) is 54.3 Å². The summed E-state index contributed by atoms with van der Waals surface area (Å²) in [5, 5.41) is 13.2. The lowest BCUT2D eigenvalue weighted by molar-refractivity contribution is 0.0942. The van der Waals surface area contributed by atoms with Gasteiger partial charge in [0.2, 0.25) is 0 Å². The summed E-state index contributed by atoms with van der Waals surface area (Å²) in [6.45, 7) is 1.88. The van der Waals surface area contributed by atoms with Crippen LogP contribution in [0.4, 0.5) is 0 Å². The third kappa shape index (κ3) is 3.03. The largest absolute Gasteiger partial charge is 0.495 e. The van der Waals surface area contributed by atoms with Crippen molar-refractivity contribution in [1.29, 1.82) is 0 Å². The van der Waals surface area contributed by atoms with E-state index in [9.17, 15) is 4.79 Å². The monoisotopic (exact) mass is 342 g/mol. The first-order valence-corrected chi connectivity index (χ1v) is 8.33. The molecule has 1 amide bonds. The van der Waals surface area contributed by atoms with E-state index in [0.717, 1.165) is 11.4 Å². The first-order chi connectivity index (χ1) is 11.6. The molecule has 0 aliphatic rings. The van der Waals surface area contributed by atoms with Gasteiger partial charge in [-0.05, 0) is 23.9 Å². The number of amides is 1. The number of hydrogen-bond donors (Lipinski definition) is 1. The van der Waals surface area contributed by atoms with Gasteiger partial charge in [0.25, 0.3) is 5.91 Å². The SMILES string of the molecule is COc1ccsc1C(=O)N[C@@H](c1ccccc1)c1nnc(C)n1C. The molecule has 0 bridgehead atoms. The van der Waals surface area contributed by atoms with Crippen LogP contribution in [0.15, 0.2) is 41.8 Å². The van der Waals surface area contributed by atoms with Gasteiger partial charge in [0.15, 0.2) is 5.82 Å². The fraction of sp³-hybridized carbons (Fsp3) is 0.235. The highest BCUT2D eigenvalue weighted by Gasteiger charge is 2.24. The van der Waals surface area contributed by atoms with E-state index in [1.165, 1.54) is 11.3 Å². The summed E-state index contributed by atoms with van der Waals surface area (Å²) in [7, 11) is 3.44. The van der Waals surface area contributed by atoms with E-state index < -0.39 is 6.04 Å². The van der Waals surface area contributed by atoms with Crippen molar-refractivity contribution in [3.8, 4) is 5.75 Å². The molecular weight excluding hydrogens is 324 g/mol. The van der Waals surface area contributed by atoms with Gasteiger partial charge in [-0.15, -0.1) is 21.5 Å². The maximum Gasteiger partial charge on any atom is 0.266 e. The van der Waals surface area contributed by atoms with Crippen molar-refractivity contribution in [1.82, 2.24) is 20.1 Å². The molecule has 0 aliphatic heterocycles. The van der Waals surface area contributed by atoms with Gasteiger partial charge in [-0.2, -0.15) is 0 Å². The molecular formula is C17H18N4O2S. The second kappa shape index (κ2) is 6.84. The second-order valence-electron chi connectivity index (χ2n) is 5.30. The average Bonchev–Trinajstić information content (AvgIpc) is 3.21. The molecule has 3 rings (SSSR count). The molecule has 1 atom stereocenters. The molecule has 1 aromatic carbocycles. The maximum atomic E-state index is 12.7. The van der Waals surface area contributed by atoms with E-state index >= 15 is 0 Å². The Morgan fingerprint density at radius 3 is 2.62 bits per heavy atom. The Balaban J connectivity index is 1.97. The molecule has 2 aromatic heterocycles. The molecule has 6 nitrogen and oxygen atoms in total. The number of hydrogen-bond acceptors (Lipinski definition) is 5. The van der Waals surface area contributed by atoms with Crippen LogP contribution in [-0.2, 0) is 7.05 Å². The van der Waals surface area contributed by atoms with Crippen molar-refractivity contribution in [2.75, 3.05) is 7.11 Å². The van der Waals surface area contributed by atoms with Gasteiger partial charge in [0, 0.05) is 7.05 Å². The van der Waals surface area contributed by atoms with Crippen molar-refractivity contribution < 1.29 is 9.53 Å². The van der Waals surface area contributed by atoms with Crippen LogP contribution in [0, 0.1) is 6.92 Å². The lowest BCUT2D eigenvalue weighted by Gasteiger charge is -2.18. The molecule has 3 aromatic rings. The minimum atomic E-state index is -0.392. The minimum Gasteiger partial charge on any atom is -0.495 e. The molecule has 0 spiro atoms. The summed E-state index contributed by atoms with van der Waals surface area (Å²) in [6, 6.07) is 11.1. The van der Waals surface area contributed by atoms with Crippen LogP contribution in [0.5, 0.6) is 5.75 Å². The maximum absolute atomic E-state index is 12.7. The Bertz CT molecular complexity index is 841. The zero-order valence-corrected chi connectivity index (χ0v) is 14.5. The first-order valence-electron chi connectivity index (χ1n) is 7.45. The predicted molar refractivity (Wildman–Crippen MR) is 92.4 cm³/mol. The Morgan fingerprint density at radius 2 is 2.00 bits per heavy atom. The van der Waals surface area contributed by atoms with Gasteiger partial charge < -0.3 is 14.6 Å². The fourth-order valence-electron chi connectivity index (χ4n) is 2.44. The fourth-order valence-corrected chi connectivity index (χ4v) is 3.20. The van der Waals surface area contributed by atoms with Crippen molar-refractivity contribution in [3.05, 3.63) is 63.9 Å². The van der Waals surface area contributed by atoms with Crippen LogP contribution < -0.4 is 10.1 Å². The molecule has 24 heavy (non-hydrogen) atoms. The molecule has 0 saturated carbocycles. The number of aryl methyl sites for hydroxylation is 1.